The maximum Gasteiger partial charge on any atom is 0.186 e. The number of rotatable bonds is 15. The molecule has 1 fully saturated rings. The molecule has 0 spiro atoms. The third-order valence-corrected chi connectivity index (χ3v) is 7.40. The summed E-state index contributed by atoms with van der Waals surface area (Å²) >= 11 is 0. The van der Waals surface area contributed by atoms with Crippen LogP contribution in [0.5, 0.6) is 0 Å². The van der Waals surface area contributed by atoms with Gasteiger partial charge in [0.2, 0.25) is 0 Å². The molecule has 7 nitrogen and oxygen atoms in total. The van der Waals surface area contributed by atoms with Crippen molar-refractivity contribution in [2.45, 2.75) is 63.2 Å². The van der Waals surface area contributed by atoms with Crippen LogP contribution in [0.2, 0.25) is 0 Å². The van der Waals surface area contributed by atoms with Crippen LogP contribution in [-0.4, -0.2) is 55.6 Å². The summed E-state index contributed by atoms with van der Waals surface area (Å²) in [5.41, 5.74) is 4.03. The molecule has 4 aromatic rings. The van der Waals surface area contributed by atoms with Gasteiger partial charge in [0.1, 0.15) is 30.5 Å². The molecular formula is C36H40O7. The van der Waals surface area contributed by atoms with Gasteiger partial charge in [0, 0.05) is 7.11 Å². The lowest BCUT2D eigenvalue weighted by Crippen LogP contribution is -2.63. The van der Waals surface area contributed by atoms with Crippen LogP contribution in [0.15, 0.2) is 121 Å². The first kappa shape index (κ1) is 31.0. The summed E-state index contributed by atoms with van der Waals surface area (Å²) < 4.78 is 37.7. The summed E-state index contributed by atoms with van der Waals surface area (Å²) in [5.74, 6) is 0. The largest absolute Gasteiger partial charge is 0.388 e. The fraction of sp³-hybridized carbons (Fsp3) is 0.333. The topological polar surface area (TPSA) is 75.6 Å². The zero-order valence-corrected chi connectivity index (χ0v) is 24.4. The fourth-order valence-electron chi connectivity index (χ4n) is 5.16. The molecule has 1 saturated heterocycles. The molecule has 0 amide bonds. The lowest BCUT2D eigenvalue weighted by molar-refractivity contribution is -0.331. The van der Waals surface area contributed by atoms with Crippen molar-refractivity contribution in [3.8, 4) is 0 Å². The summed E-state index contributed by atoms with van der Waals surface area (Å²) in [6.45, 7) is 1.37. The average molecular weight is 585 g/mol. The second-order valence-corrected chi connectivity index (χ2v) is 10.6. The van der Waals surface area contributed by atoms with Crippen LogP contribution in [-0.2, 0) is 54.8 Å². The Morgan fingerprint density at radius 3 is 1.40 bits per heavy atom. The van der Waals surface area contributed by atoms with E-state index in [4.69, 9.17) is 28.4 Å². The Hall–Kier alpha value is -3.40. The Bertz CT molecular complexity index is 1310. The zero-order chi connectivity index (χ0) is 29.7. The zero-order valence-electron chi connectivity index (χ0n) is 24.4. The summed E-state index contributed by atoms with van der Waals surface area (Å²) in [6.07, 6.45) is -4.58. The van der Waals surface area contributed by atoms with E-state index >= 15 is 0 Å². The van der Waals surface area contributed by atoms with E-state index in [0.717, 1.165) is 22.3 Å². The van der Waals surface area contributed by atoms with Crippen LogP contribution in [0.25, 0.3) is 0 Å². The van der Waals surface area contributed by atoms with E-state index in [-0.39, 0.29) is 6.61 Å². The molecule has 5 rings (SSSR count). The number of methoxy groups -OCH3 is 1. The van der Waals surface area contributed by atoms with Crippen LogP contribution in [0.4, 0.5) is 0 Å². The van der Waals surface area contributed by atoms with Gasteiger partial charge in [-0.15, -0.1) is 0 Å². The minimum absolute atomic E-state index is 0.0438. The lowest BCUT2D eigenvalue weighted by atomic mass is 9.94. The monoisotopic (exact) mass is 584 g/mol. The first-order valence-corrected chi connectivity index (χ1v) is 14.7. The fourth-order valence-corrected chi connectivity index (χ4v) is 5.16. The van der Waals surface area contributed by atoms with Crippen molar-refractivity contribution in [1.29, 1.82) is 0 Å². The highest BCUT2D eigenvalue weighted by Crippen LogP contribution is 2.32. The summed E-state index contributed by atoms with van der Waals surface area (Å²) in [7, 11) is 1.57. The molecule has 0 unspecified atom stereocenters. The standard InChI is InChI=1S/C36H40O7/c1-38-36-35(42-25-30-20-12-5-13-21-30)34(41-24-29-18-10-4-11-19-29)33(40-23-28-16-8-3-9-17-28)32(43-36)31(37)26-39-22-27-14-6-2-7-15-27/h2-21,31-37H,22-26H2,1H3/t31-,32+,33-,34-,35+,36-/m0/s1. The van der Waals surface area contributed by atoms with Crippen LogP contribution < -0.4 is 0 Å². The highest BCUT2D eigenvalue weighted by Gasteiger charge is 2.51. The van der Waals surface area contributed by atoms with Gasteiger partial charge in [-0.25, -0.2) is 0 Å². The van der Waals surface area contributed by atoms with Gasteiger partial charge in [-0.1, -0.05) is 121 Å². The Kier molecular flexibility index (Phi) is 11.9. The van der Waals surface area contributed by atoms with E-state index in [2.05, 4.69) is 0 Å². The Labute approximate surface area is 253 Å². The van der Waals surface area contributed by atoms with E-state index in [9.17, 15) is 5.11 Å². The molecule has 0 bridgehead atoms. The molecule has 0 aromatic heterocycles. The number of hydrogen-bond acceptors (Lipinski definition) is 7. The van der Waals surface area contributed by atoms with Crippen LogP contribution in [0.1, 0.15) is 22.3 Å². The quantitative estimate of drug-likeness (QED) is 0.192. The van der Waals surface area contributed by atoms with Crippen LogP contribution in [0.3, 0.4) is 0 Å². The van der Waals surface area contributed by atoms with E-state index in [0.29, 0.717) is 26.4 Å². The molecule has 7 heteroatoms. The van der Waals surface area contributed by atoms with Gasteiger partial charge in [-0.05, 0) is 22.3 Å². The molecule has 6 atom stereocenters. The summed E-state index contributed by atoms with van der Waals surface area (Å²) in [4.78, 5) is 0. The minimum atomic E-state index is -1.01. The third kappa shape index (κ3) is 9.05. The molecule has 43 heavy (non-hydrogen) atoms. The Morgan fingerprint density at radius 1 is 0.558 bits per heavy atom. The third-order valence-electron chi connectivity index (χ3n) is 7.40. The Morgan fingerprint density at radius 2 is 0.953 bits per heavy atom. The maximum absolute atomic E-state index is 11.4. The first-order valence-electron chi connectivity index (χ1n) is 14.7. The molecule has 0 aliphatic carbocycles. The molecule has 1 aliphatic heterocycles. The Balaban J connectivity index is 1.39. The van der Waals surface area contributed by atoms with E-state index < -0.39 is 36.8 Å². The number of aliphatic hydroxyl groups is 1. The highest BCUT2D eigenvalue weighted by molar-refractivity contribution is 5.16. The van der Waals surface area contributed by atoms with Crippen molar-refractivity contribution < 1.29 is 33.5 Å². The van der Waals surface area contributed by atoms with Crippen molar-refractivity contribution in [2.24, 2.45) is 0 Å². The predicted molar refractivity (Wildman–Crippen MR) is 163 cm³/mol. The molecule has 226 valence electrons. The first-order chi connectivity index (χ1) is 21.2. The number of ether oxygens (including phenoxy) is 6. The van der Waals surface area contributed by atoms with Crippen molar-refractivity contribution >= 4 is 0 Å². The lowest BCUT2D eigenvalue weighted by Gasteiger charge is -2.46. The van der Waals surface area contributed by atoms with Gasteiger partial charge < -0.3 is 33.5 Å². The van der Waals surface area contributed by atoms with E-state index in [1.807, 2.05) is 121 Å². The predicted octanol–water partition coefficient (Wildman–Crippen LogP) is 5.69. The second-order valence-electron chi connectivity index (χ2n) is 10.6. The molecule has 4 aromatic carbocycles. The molecule has 1 aliphatic rings. The van der Waals surface area contributed by atoms with Gasteiger partial charge in [0.05, 0.1) is 33.0 Å². The van der Waals surface area contributed by atoms with Crippen LogP contribution >= 0.6 is 0 Å². The van der Waals surface area contributed by atoms with Gasteiger partial charge >= 0.3 is 0 Å². The summed E-state index contributed by atoms with van der Waals surface area (Å²) in [5, 5.41) is 11.4. The van der Waals surface area contributed by atoms with Gasteiger partial charge in [0.15, 0.2) is 6.29 Å². The number of aliphatic hydroxyl groups excluding tert-OH is 1. The van der Waals surface area contributed by atoms with Crippen molar-refractivity contribution in [2.75, 3.05) is 13.7 Å². The normalized spacial score (nSPS) is 22.7. The van der Waals surface area contributed by atoms with Gasteiger partial charge in [-0.2, -0.15) is 0 Å². The maximum atomic E-state index is 11.4. The van der Waals surface area contributed by atoms with Crippen molar-refractivity contribution in [1.82, 2.24) is 0 Å². The second kappa shape index (κ2) is 16.4. The van der Waals surface area contributed by atoms with Gasteiger partial charge in [-0.3, -0.25) is 0 Å². The van der Waals surface area contributed by atoms with Gasteiger partial charge in [0.25, 0.3) is 0 Å². The number of hydrogen-bond donors (Lipinski definition) is 1. The highest BCUT2D eigenvalue weighted by atomic mass is 16.7. The molecule has 0 radical (unpaired) electrons. The molecular weight excluding hydrogens is 544 g/mol. The average Bonchev–Trinajstić information content (AvgIpc) is 3.07. The van der Waals surface area contributed by atoms with E-state index in [1.54, 1.807) is 7.11 Å². The molecule has 1 N–H and O–H groups in total. The van der Waals surface area contributed by atoms with Crippen molar-refractivity contribution in [3.05, 3.63) is 144 Å². The van der Waals surface area contributed by atoms with Crippen LogP contribution in [0, 0.1) is 0 Å². The minimum Gasteiger partial charge on any atom is -0.388 e. The molecule has 1 heterocycles. The number of benzene rings is 4. The SMILES string of the molecule is CO[C@H]1O[C@H]([C@@H](O)COCc2ccccc2)[C@H](OCc2ccccc2)[C@H](OCc2ccccc2)[C@H]1OCc1ccccc1. The smallest absolute Gasteiger partial charge is 0.186 e. The molecule has 0 saturated carbocycles. The van der Waals surface area contributed by atoms with Crippen molar-refractivity contribution in [3.63, 3.8) is 0 Å². The van der Waals surface area contributed by atoms with E-state index in [1.165, 1.54) is 0 Å². The summed E-state index contributed by atoms with van der Waals surface area (Å²) in [6, 6.07) is 39.6.